The van der Waals surface area contributed by atoms with Crippen molar-refractivity contribution in [2.24, 2.45) is 29.4 Å². The van der Waals surface area contributed by atoms with Crippen molar-refractivity contribution < 1.29 is 42.6 Å². The maximum Gasteiger partial charge on any atom is 0.417 e. The van der Waals surface area contributed by atoms with Gasteiger partial charge in [0.05, 0.1) is 34.8 Å². The van der Waals surface area contributed by atoms with Crippen molar-refractivity contribution >= 4 is 34.7 Å². The van der Waals surface area contributed by atoms with Gasteiger partial charge in [-0.25, -0.2) is 0 Å². The zero-order valence-electron chi connectivity index (χ0n) is 25.3. The van der Waals surface area contributed by atoms with E-state index in [4.69, 9.17) is 11.1 Å². The van der Waals surface area contributed by atoms with Crippen molar-refractivity contribution in [1.29, 1.82) is 5.41 Å². The summed E-state index contributed by atoms with van der Waals surface area (Å²) in [6, 6.07) is 7.94. The molecule has 6 rings (SSSR count). The van der Waals surface area contributed by atoms with Crippen LogP contribution in [-0.4, -0.2) is 76.4 Å². The number of nitrogens with two attached hydrogens (primary N) is 1. The number of aliphatic hydroxyl groups is 1. The van der Waals surface area contributed by atoms with E-state index in [0.29, 0.717) is 19.4 Å². The number of carbonyl (C=O) groups is 4. The molecule has 1 heterocycles. The maximum atomic E-state index is 15.2. The van der Waals surface area contributed by atoms with Gasteiger partial charge in [-0.2, -0.15) is 13.2 Å². The molecular formula is C33H35F3N4O6. The topological polar surface area (TPSA) is 165 Å². The summed E-state index contributed by atoms with van der Waals surface area (Å²) in [4.78, 5) is 57.0. The van der Waals surface area contributed by atoms with E-state index in [1.54, 1.807) is 30.3 Å². The van der Waals surface area contributed by atoms with Crippen LogP contribution in [-0.2, 0) is 27.0 Å². The lowest BCUT2D eigenvalue weighted by Gasteiger charge is -2.53. The number of primary amides is 1. The van der Waals surface area contributed by atoms with Crippen LogP contribution < -0.4 is 10.6 Å². The second kappa shape index (κ2) is 11.0. The molecule has 7 atom stereocenters. The van der Waals surface area contributed by atoms with E-state index in [9.17, 15) is 29.4 Å². The average molecular weight is 641 g/mol. The highest BCUT2D eigenvalue weighted by atomic mass is 19.4. The number of rotatable bonds is 4. The van der Waals surface area contributed by atoms with Gasteiger partial charge in [0.2, 0.25) is 5.91 Å². The first-order valence-corrected chi connectivity index (χ1v) is 15.3. The summed E-state index contributed by atoms with van der Waals surface area (Å²) < 4.78 is 45.5. The monoisotopic (exact) mass is 640 g/mol. The molecule has 0 radical (unpaired) electrons. The van der Waals surface area contributed by atoms with Gasteiger partial charge in [0, 0.05) is 18.2 Å². The van der Waals surface area contributed by atoms with Crippen molar-refractivity contribution in [3.8, 4) is 5.75 Å². The molecule has 4 aliphatic rings. The lowest BCUT2D eigenvalue weighted by atomic mass is 9.52. The smallest absolute Gasteiger partial charge is 0.417 e. The Kier molecular flexibility index (Phi) is 7.63. The number of nitrogens with one attached hydrogen (secondary N) is 1. The Morgan fingerprint density at radius 1 is 1.13 bits per heavy atom. The zero-order chi connectivity index (χ0) is 33.5. The molecule has 1 amide bonds. The lowest BCUT2D eigenvalue weighted by molar-refractivity contribution is -0.157. The summed E-state index contributed by atoms with van der Waals surface area (Å²) in [5, 5.41) is 31.6. The van der Waals surface area contributed by atoms with Crippen molar-refractivity contribution in [3.05, 3.63) is 58.7 Å². The van der Waals surface area contributed by atoms with Crippen molar-refractivity contribution in [2.45, 2.75) is 56.0 Å². The number of anilines is 1. The minimum atomic E-state index is -4.93. The Labute approximate surface area is 262 Å². The Morgan fingerprint density at radius 3 is 2.41 bits per heavy atom. The number of para-hydroxylation sites is 1. The van der Waals surface area contributed by atoms with Crippen LogP contribution in [0.25, 0.3) is 0 Å². The van der Waals surface area contributed by atoms with Gasteiger partial charge in [0.25, 0.3) is 0 Å². The summed E-state index contributed by atoms with van der Waals surface area (Å²) in [6.45, 7) is 0.487. The van der Waals surface area contributed by atoms with Gasteiger partial charge in [-0.15, -0.1) is 0 Å². The third-order valence-corrected chi connectivity index (χ3v) is 10.4. The predicted molar refractivity (Wildman–Crippen MR) is 159 cm³/mol. The van der Waals surface area contributed by atoms with Gasteiger partial charge < -0.3 is 26.3 Å². The number of benzene rings is 2. The molecule has 244 valence electrons. The second-order valence-electron chi connectivity index (χ2n) is 13.1. The Balaban J connectivity index is 1.51. The molecule has 46 heavy (non-hydrogen) atoms. The molecule has 1 saturated heterocycles. The van der Waals surface area contributed by atoms with Gasteiger partial charge in [0.1, 0.15) is 11.7 Å². The van der Waals surface area contributed by atoms with Crippen LogP contribution >= 0.6 is 0 Å². The standard InChI is InChI=1S/C33H35F3N4O6/c1-39(2)26-19-13-15-12-18-23(27(42)22(15)30(44)32(19,46)29(37)24(28(26)43)31(38)45)21(41)14-17(25(18)33(34,35)36)20-10-6-7-11-40(20)16-8-4-3-5-9-16/h3-5,8-9,14-15,19-20,22,24,26,37,41,46H,6-7,10-13H2,1-2H3,(H2,38,45). The number of halogens is 3. The minimum absolute atomic E-state index is 0.165. The molecule has 0 aromatic heterocycles. The Morgan fingerprint density at radius 2 is 1.80 bits per heavy atom. The number of fused-ring (bicyclic) bond motifs is 3. The fourth-order valence-corrected chi connectivity index (χ4v) is 8.54. The number of piperidine rings is 1. The van der Waals surface area contributed by atoms with E-state index < -0.39 is 105 Å². The highest BCUT2D eigenvalue weighted by Crippen LogP contribution is 2.54. The molecule has 2 aromatic rings. The number of aromatic hydroxyl groups is 1. The summed E-state index contributed by atoms with van der Waals surface area (Å²) >= 11 is 0. The van der Waals surface area contributed by atoms with Crippen LogP contribution in [0.5, 0.6) is 5.75 Å². The molecule has 2 saturated carbocycles. The number of ketones is 3. The molecule has 3 fully saturated rings. The van der Waals surface area contributed by atoms with E-state index in [1.165, 1.54) is 19.0 Å². The van der Waals surface area contributed by atoms with Crippen LogP contribution in [0.4, 0.5) is 18.9 Å². The molecule has 5 N–H and O–H groups in total. The third kappa shape index (κ3) is 4.57. The highest BCUT2D eigenvalue weighted by molar-refractivity contribution is 6.33. The number of phenols is 1. The van der Waals surface area contributed by atoms with E-state index in [1.807, 2.05) is 4.90 Å². The summed E-state index contributed by atoms with van der Waals surface area (Å²) in [5.74, 6) is -11.0. The number of hydrogen-bond donors (Lipinski definition) is 4. The molecule has 1 aliphatic heterocycles. The average Bonchev–Trinajstić information content (AvgIpc) is 2.98. The first-order valence-electron chi connectivity index (χ1n) is 15.3. The van der Waals surface area contributed by atoms with Gasteiger partial charge >= 0.3 is 6.18 Å². The van der Waals surface area contributed by atoms with E-state index >= 15 is 13.2 Å². The molecule has 10 nitrogen and oxygen atoms in total. The summed E-state index contributed by atoms with van der Waals surface area (Å²) in [6.07, 6.45) is -3.83. The summed E-state index contributed by atoms with van der Waals surface area (Å²) in [5.41, 5.74) is 0.203. The van der Waals surface area contributed by atoms with Crippen LogP contribution in [0.2, 0.25) is 0 Å². The van der Waals surface area contributed by atoms with Gasteiger partial charge in [0.15, 0.2) is 23.0 Å². The fourth-order valence-electron chi connectivity index (χ4n) is 8.54. The second-order valence-corrected chi connectivity index (χ2v) is 13.1. The number of nitrogens with zero attached hydrogens (tertiary/aromatic N) is 2. The van der Waals surface area contributed by atoms with Crippen LogP contribution in [0.3, 0.4) is 0 Å². The number of alkyl halides is 3. The Hall–Kier alpha value is -4.10. The summed E-state index contributed by atoms with van der Waals surface area (Å²) in [7, 11) is 2.95. The normalized spacial score (nSPS) is 31.4. The third-order valence-electron chi connectivity index (χ3n) is 10.4. The molecule has 7 unspecified atom stereocenters. The van der Waals surface area contributed by atoms with Crippen LogP contribution in [0.15, 0.2) is 36.4 Å². The largest absolute Gasteiger partial charge is 0.507 e. The molecule has 2 aromatic carbocycles. The van der Waals surface area contributed by atoms with Gasteiger partial charge in [-0.05, 0) is 81.4 Å². The maximum absolute atomic E-state index is 15.2. The lowest BCUT2D eigenvalue weighted by Crippen LogP contribution is -2.73. The number of likely N-dealkylation sites (N-methyl/N-ethyl adjacent to an activating group) is 1. The molecule has 0 bridgehead atoms. The van der Waals surface area contributed by atoms with Gasteiger partial charge in [-0.3, -0.25) is 24.1 Å². The Bertz CT molecular complexity index is 1660. The number of amides is 1. The fraction of sp³-hybridized carbons (Fsp3) is 0.485. The van der Waals surface area contributed by atoms with Crippen molar-refractivity contribution in [1.82, 2.24) is 4.90 Å². The molecular weight excluding hydrogens is 605 g/mol. The molecule has 0 spiro atoms. The number of carbonyl (C=O) groups excluding carboxylic acids is 4. The van der Waals surface area contributed by atoms with Crippen molar-refractivity contribution in [3.63, 3.8) is 0 Å². The highest BCUT2D eigenvalue weighted by Gasteiger charge is 2.68. The first-order chi connectivity index (χ1) is 21.6. The van der Waals surface area contributed by atoms with Crippen LogP contribution in [0.1, 0.15) is 58.8 Å². The van der Waals surface area contributed by atoms with Gasteiger partial charge in [-0.1, -0.05) is 18.2 Å². The van der Waals surface area contributed by atoms with E-state index in [0.717, 1.165) is 18.2 Å². The zero-order valence-corrected chi connectivity index (χ0v) is 25.3. The van der Waals surface area contributed by atoms with Crippen molar-refractivity contribution in [2.75, 3.05) is 25.5 Å². The number of hydrogen-bond acceptors (Lipinski definition) is 9. The number of phenolic OH excluding ortho intramolecular Hbond substituents is 1. The van der Waals surface area contributed by atoms with E-state index in [-0.39, 0.29) is 12.0 Å². The quantitative estimate of drug-likeness (QED) is 0.371. The molecule has 13 heteroatoms. The SMILES string of the molecule is CN(C)C1C(=O)C(C(N)=O)C(=N)C2(O)C(=O)C3C(=O)c4c(O)cc(C5CCCCN5c5ccccc5)c(C(F)(F)F)c4CC3CC12. The number of Topliss-reactive ketones (excluding diaryl/α,β-unsaturated/α-hetero) is 3. The predicted octanol–water partition coefficient (Wildman–Crippen LogP) is 3.07. The van der Waals surface area contributed by atoms with Crippen LogP contribution in [0, 0.1) is 29.1 Å². The molecule has 3 aliphatic carbocycles. The first kappa shape index (κ1) is 31.9. The van der Waals surface area contributed by atoms with E-state index in [2.05, 4.69) is 0 Å². The minimum Gasteiger partial charge on any atom is -0.507 e.